The molecule has 18 heavy (non-hydrogen) atoms. The third-order valence-electron chi connectivity index (χ3n) is 3.38. The van der Waals surface area contributed by atoms with Crippen LogP contribution in [-0.2, 0) is 13.6 Å². The average Bonchev–Trinajstić information content (AvgIpc) is 2.90. The molecular formula is C12H15FN4O. The summed E-state index contributed by atoms with van der Waals surface area (Å²) in [5, 5.41) is 7.35. The van der Waals surface area contributed by atoms with E-state index in [0.29, 0.717) is 37.3 Å². The summed E-state index contributed by atoms with van der Waals surface area (Å²) in [5.41, 5.74) is -0.574. The normalized spacial score (nSPS) is 17.2. The van der Waals surface area contributed by atoms with E-state index in [4.69, 9.17) is 0 Å². The zero-order chi connectivity index (χ0) is 12.8. The van der Waals surface area contributed by atoms with Crippen molar-refractivity contribution in [3.63, 3.8) is 0 Å². The van der Waals surface area contributed by atoms with Gasteiger partial charge in [0.2, 0.25) is 0 Å². The molecule has 0 bridgehead atoms. The van der Waals surface area contributed by atoms with Crippen LogP contribution in [0, 0.1) is 0 Å². The van der Waals surface area contributed by atoms with E-state index >= 15 is 0 Å². The molecule has 6 heteroatoms. The third kappa shape index (κ3) is 1.92. The minimum Gasteiger partial charge on any atom is -0.307 e. The average molecular weight is 250 g/mol. The lowest BCUT2D eigenvalue weighted by Gasteiger charge is -2.10. The van der Waals surface area contributed by atoms with Gasteiger partial charge in [0.1, 0.15) is 17.0 Å². The van der Waals surface area contributed by atoms with Crippen LogP contribution in [0.5, 0.6) is 0 Å². The van der Waals surface area contributed by atoms with Crippen molar-refractivity contribution in [1.29, 1.82) is 0 Å². The summed E-state index contributed by atoms with van der Waals surface area (Å²) in [6, 6.07) is 3.51. The van der Waals surface area contributed by atoms with Crippen molar-refractivity contribution in [3.8, 4) is 0 Å². The van der Waals surface area contributed by atoms with E-state index in [1.165, 1.54) is 4.57 Å². The van der Waals surface area contributed by atoms with Gasteiger partial charge in [0.05, 0.1) is 6.54 Å². The van der Waals surface area contributed by atoms with Crippen LogP contribution in [-0.4, -0.2) is 26.4 Å². The first-order valence-electron chi connectivity index (χ1n) is 6.02. The Morgan fingerprint density at radius 2 is 2.33 bits per heavy atom. The van der Waals surface area contributed by atoms with Gasteiger partial charge in [-0.05, 0) is 25.0 Å². The van der Waals surface area contributed by atoms with E-state index in [1.807, 2.05) is 0 Å². The van der Waals surface area contributed by atoms with E-state index in [0.717, 1.165) is 0 Å². The highest BCUT2D eigenvalue weighted by molar-refractivity contribution is 5.43. The fraction of sp³-hybridized carbons (Fsp3) is 0.500. The maximum Gasteiger partial charge on any atom is 0.277 e. The van der Waals surface area contributed by atoms with E-state index < -0.39 is 5.67 Å². The third-order valence-corrected chi connectivity index (χ3v) is 3.38. The fourth-order valence-electron chi connectivity index (χ4n) is 1.97. The minimum atomic E-state index is -1.03. The molecule has 2 aromatic rings. The second kappa shape index (κ2) is 3.91. The summed E-state index contributed by atoms with van der Waals surface area (Å²) in [6.45, 7) is 0.720. The molecule has 1 N–H and O–H groups in total. The number of nitrogens with zero attached hydrogens (tertiary/aromatic N) is 3. The van der Waals surface area contributed by atoms with Crippen LogP contribution in [0.1, 0.15) is 18.7 Å². The Balaban J connectivity index is 1.82. The lowest BCUT2D eigenvalue weighted by molar-refractivity contribution is 0.293. The molecule has 1 fully saturated rings. The fourth-order valence-corrected chi connectivity index (χ4v) is 1.97. The molecule has 1 aliphatic rings. The lowest BCUT2D eigenvalue weighted by atomic mass is 10.3. The Hall–Kier alpha value is -1.69. The molecule has 0 amide bonds. The van der Waals surface area contributed by atoms with Crippen LogP contribution in [0.3, 0.4) is 0 Å². The monoisotopic (exact) mass is 250 g/mol. The Kier molecular flexibility index (Phi) is 2.48. The molecule has 0 aromatic carbocycles. The quantitative estimate of drug-likeness (QED) is 0.865. The number of alkyl halides is 1. The molecule has 2 heterocycles. The molecule has 0 atom stereocenters. The van der Waals surface area contributed by atoms with Gasteiger partial charge in [0.15, 0.2) is 0 Å². The van der Waals surface area contributed by atoms with Crippen LogP contribution in [0.15, 0.2) is 23.1 Å². The van der Waals surface area contributed by atoms with Crippen molar-refractivity contribution < 1.29 is 4.39 Å². The summed E-state index contributed by atoms with van der Waals surface area (Å²) in [7, 11) is 1.68. The van der Waals surface area contributed by atoms with Gasteiger partial charge < -0.3 is 5.32 Å². The van der Waals surface area contributed by atoms with Gasteiger partial charge in [-0.3, -0.25) is 9.36 Å². The second-order valence-corrected chi connectivity index (χ2v) is 4.87. The predicted molar refractivity (Wildman–Crippen MR) is 65.2 cm³/mol. The molecule has 3 rings (SSSR count). The predicted octanol–water partition coefficient (Wildman–Crippen LogP) is 0.625. The topological polar surface area (TPSA) is 51.3 Å². The molecule has 1 saturated carbocycles. The highest BCUT2D eigenvalue weighted by Gasteiger charge is 2.42. The molecule has 0 aliphatic heterocycles. The largest absolute Gasteiger partial charge is 0.307 e. The van der Waals surface area contributed by atoms with Crippen molar-refractivity contribution in [2.24, 2.45) is 7.05 Å². The van der Waals surface area contributed by atoms with Gasteiger partial charge in [-0.2, -0.15) is 5.10 Å². The molecular weight excluding hydrogens is 235 g/mol. The van der Waals surface area contributed by atoms with Crippen molar-refractivity contribution in [2.75, 3.05) is 6.54 Å². The number of aromatic nitrogens is 3. The van der Waals surface area contributed by atoms with Crippen LogP contribution in [0.2, 0.25) is 0 Å². The molecule has 1 aliphatic carbocycles. The molecule has 2 aromatic heterocycles. The smallest absolute Gasteiger partial charge is 0.277 e. The van der Waals surface area contributed by atoms with E-state index in [9.17, 15) is 9.18 Å². The summed E-state index contributed by atoms with van der Waals surface area (Å²) < 4.78 is 16.5. The first-order valence-corrected chi connectivity index (χ1v) is 6.02. The van der Waals surface area contributed by atoms with Crippen molar-refractivity contribution in [3.05, 3.63) is 34.5 Å². The Morgan fingerprint density at radius 3 is 3.06 bits per heavy atom. The Labute approximate surface area is 103 Å². The van der Waals surface area contributed by atoms with E-state index in [-0.39, 0.29) is 5.56 Å². The molecule has 0 radical (unpaired) electrons. The van der Waals surface area contributed by atoms with Crippen molar-refractivity contribution >= 4 is 5.52 Å². The molecule has 0 saturated heterocycles. The van der Waals surface area contributed by atoms with Gasteiger partial charge in [-0.25, -0.2) is 8.91 Å². The maximum absolute atomic E-state index is 13.4. The zero-order valence-electron chi connectivity index (χ0n) is 10.2. The summed E-state index contributed by atoms with van der Waals surface area (Å²) in [6.07, 6.45) is 2.99. The molecule has 0 unspecified atom stereocenters. The van der Waals surface area contributed by atoms with Crippen LogP contribution < -0.4 is 10.9 Å². The first kappa shape index (κ1) is 11.4. The van der Waals surface area contributed by atoms with Crippen LogP contribution >= 0.6 is 0 Å². The number of rotatable bonds is 4. The van der Waals surface area contributed by atoms with Crippen molar-refractivity contribution in [1.82, 2.24) is 19.5 Å². The van der Waals surface area contributed by atoms with Crippen LogP contribution in [0.4, 0.5) is 4.39 Å². The summed E-state index contributed by atoms with van der Waals surface area (Å²) in [5.74, 6) is 0.605. The van der Waals surface area contributed by atoms with Gasteiger partial charge >= 0.3 is 0 Å². The number of halogens is 1. The summed E-state index contributed by atoms with van der Waals surface area (Å²) in [4.78, 5) is 12.0. The van der Waals surface area contributed by atoms with Gasteiger partial charge in [-0.1, -0.05) is 0 Å². The standard InChI is InChI=1S/C12H15FN4O/c1-16-10(7-14-8-12(13)4-5-12)15-17-6-2-3-9(17)11(16)18/h2-3,6,14H,4-5,7-8H2,1H3. The number of hydrogen-bond acceptors (Lipinski definition) is 3. The second-order valence-electron chi connectivity index (χ2n) is 4.87. The van der Waals surface area contributed by atoms with Gasteiger partial charge in [0, 0.05) is 19.8 Å². The SMILES string of the molecule is Cn1c(CNCC2(F)CC2)nn2cccc2c1=O. The molecule has 0 spiro atoms. The Bertz CT molecular complexity index is 641. The zero-order valence-corrected chi connectivity index (χ0v) is 10.2. The number of fused-ring (bicyclic) bond motifs is 1. The highest BCUT2D eigenvalue weighted by Crippen LogP contribution is 2.38. The van der Waals surface area contributed by atoms with Gasteiger partial charge in [-0.15, -0.1) is 0 Å². The molecule has 5 nitrogen and oxygen atoms in total. The maximum atomic E-state index is 13.4. The molecule has 96 valence electrons. The minimum absolute atomic E-state index is 0.0896. The number of hydrogen-bond donors (Lipinski definition) is 1. The van der Waals surface area contributed by atoms with Crippen molar-refractivity contribution in [2.45, 2.75) is 25.1 Å². The summed E-state index contributed by atoms with van der Waals surface area (Å²) >= 11 is 0. The highest BCUT2D eigenvalue weighted by atomic mass is 19.1. The van der Waals surface area contributed by atoms with Gasteiger partial charge in [0.25, 0.3) is 5.56 Å². The number of nitrogens with one attached hydrogen (secondary N) is 1. The Morgan fingerprint density at radius 1 is 1.56 bits per heavy atom. The first-order chi connectivity index (χ1) is 8.59. The lowest BCUT2D eigenvalue weighted by Crippen LogP contribution is -2.31. The van der Waals surface area contributed by atoms with E-state index in [1.54, 1.807) is 29.9 Å². The van der Waals surface area contributed by atoms with E-state index in [2.05, 4.69) is 10.4 Å². The van der Waals surface area contributed by atoms with Crippen LogP contribution in [0.25, 0.3) is 5.52 Å².